The number of allylic oxidation sites excluding steroid dienone is 4. The number of carbonyl (C=O) groups excluding carboxylic acids is 3. The van der Waals surface area contributed by atoms with E-state index in [0.29, 0.717) is 24.7 Å². The summed E-state index contributed by atoms with van der Waals surface area (Å²) in [6, 6.07) is 7.48. The smallest absolute Gasteiger partial charge is 0.322 e. The summed E-state index contributed by atoms with van der Waals surface area (Å²) in [6.07, 6.45) is 8.10. The first kappa shape index (κ1) is 32.0. The minimum atomic E-state index is -1.00. The van der Waals surface area contributed by atoms with E-state index in [1.165, 1.54) is 29.4 Å². The van der Waals surface area contributed by atoms with Crippen LogP contribution in [0.1, 0.15) is 83.1 Å². The maximum absolute atomic E-state index is 12.4. The van der Waals surface area contributed by atoms with Crippen LogP contribution in [-0.4, -0.2) is 47.9 Å². The summed E-state index contributed by atoms with van der Waals surface area (Å²) in [5.74, 6) is 6.78. The number of nitrogens with two attached hydrogens (primary N) is 1. The molecule has 226 valence electrons. The Hall–Kier alpha value is -2.92. The summed E-state index contributed by atoms with van der Waals surface area (Å²) in [7, 11) is 1.28. The van der Waals surface area contributed by atoms with Crippen LogP contribution in [0.3, 0.4) is 0 Å². The Morgan fingerprint density at radius 1 is 1.19 bits per heavy atom. The largest absolute Gasteiger partial charge is 0.468 e. The van der Waals surface area contributed by atoms with Crippen molar-refractivity contribution in [2.24, 2.45) is 23.0 Å². The molecule has 1 aromatic rings. The van der Waals surface area contributed by atoms with Crippen molar-refractivity contribution in [3.63, 3.8) is 0 Å². The molecule has 0 spiro atoms. The molecule has 0 amide bonds. The van der Waals surface area contributed by atoms with Crippen molar-refractivity contribution in [1.29, 1.82) is 0 Å². The third-order valence-electron chi connectivity index (χ3n) is 10.3. The molecule has 0 unspecified atom stereocenters. The summed E-state index contributed by atoms with van der Waals surface area (Å²) in [5, 5.41) is 15.0. The lowest BCUT2D eigenvalue weighted by molar-refractivity contribution is -0.142. The molecule has 42 heavy (non-hydrogen) atoms. The van der Waals surface area contributed by atoms with Gasteiger partial charge in [-0.15, -0.1) is 18.3 Å². The van der Waals surface area contributed by atoms with Gasteiger partial charge in [0.1, 0.15) is 11.6 Å². The van der Waals surface area contributed by atoms with Crippen molar-refractivity contribution in [3.05, 3.63) is 52.6 Å². The van der Waals surface area contributed by atoms with Crippen LogP contribution in [0.25, 0.3) is 0 Å². The number of fused-ring (bicyclic) bond motifs is 4. The van der Waals surface area contributed by atoms with Gasteiger partial charge in [-0.25, -0.2) is 0 Å². The first-order chi connectivity index (χ1) is 19.6. The van der Waals surface area contributed by atoms with E-state index in [9.17, 15) is 19.5 Å². The van der Waals surface area contributed by atoms with Crippen molar-refractivity contribution in [3.8, 4) is 11.8 Å². The molecule has 0 saturated heterocycles. The highest BCUT2D eigenvalue weighted by molar-refractivity contribution is 5.93. The SMILES string of the molecule is CC#C[C@]1(O)CC[C@H]2[C@@H]3CCC4=CC(=O)CCC4=C3[C@@H](c3ccc(NCC(=O)CC[C@H](N)C(=O)OC)cc3)C[C@@]21C.Cl. The average Bonchev–Trinajstić information content (AvgIpc) is 3.23. The number of aliphatic hydroxyl groups is 1. The molecule has 1 aromatic carbocycles. The number of rotatable bonds is 8. The number of benzene rings is 1. The van der Waals surface area contributed by atoms with Crippen LogP contribution >= 0.6 is 12.4 Å². The van der Waals surface area contributed by atoms with Crippen LogP contribution in [0, 0.1) is 29.1 Å². The number of esters is 1. The summed E-state index contributed by atoms with van der Waals surface area (Å²) in [6.45, 7) is 4.20. The van der Waals surface area contributed by atoms with E-state index in [1.54, 1.807) is 0 Å². The maximum Gasteiger partial charge on any atom is 0.322 e. The normalized spacial score (nSPS) is 30.4. The summed E-state index contributed by atoms with van der Waals surface area (Å²) in [5.41, 5.74) is 10.5. The second kappa shape index (κ2) is 12.8. The van der Waals surface area contributed by atoms with Gasteiger partial charge in [-0.2, -0.15) is 0 Å². The Morgan fingerprint density at radius 2 is 1.93 bits per heavy atom. The molecular weight excluding hydrogens is 552 g/mol. The average molecular weight is 595 g/mol. The second-order valence-corrected chi connectivity index (χ2v) is 12.5. The zero-order chi connectivity index (χ0) is 29.4. The Morgan fingerprint density at radius 3 is 2.62 bits per heavy atom. The number of ketones is 2. The molecule has 0 radical (unpaired) electrons. The molecule has 4 N–H and O–H groups in total. The topological polar surface area (TPSA) is 119 Å². The van der Waals surface area contributed by atoms with E-state index < -0.39 is 17.6 Å². The van der Waals surface area contributed by atoms with Gasteiger partial charge in [-0.3, -0.25) is 14.4 Å². The van der Waals surface area contributed by atoms with Gasteiger partial charge in [0.2, 0.25) is 0 Å². The molecule has 6 atom stereocenters. The molecule has 4 aliphatic rings. The second-order valence-electron chi connectivity index (χ2n) is 12.5. The third kappa shape index (κ3) is 5.82. The number of hydrogen-bond acceptors (Lipinski definition) is 7. The minimum Gasteiger partial charge on any atom is -0.468 e. The molecule has 0 heterocycles. The van der Waals surface area contributed by atoms with Gasteiger partial charge in [-0.05, 0) is 98.6 Å². The van der Waals surface area contributed by atoms with E-state index in [0.717, 1.165) is 37.8 Å². The van der Waals surface area contributed by atoms with Crippen molar-refractivity contribution >= 4 is 35.6 Å². The zero-order valence-electron chi connectivity index (χ0n) is 24.8. The highest BCUT2D eigenvalue weighted by Gasteiger charge is 2.62. The quantitative estimate of drug-likeness (QED) is 0.285. The van der Waals surface area contributed by atoms with Crippen molar-refractivity contribution in [2.45, 2.75) is 89.2 Å². The third-order valence-corrected chi connectivity index (χ3v) is 10.3. The summed E-state index contributed by atoms with van der Waals surface area (Å²) in [4.78, 5) is 36.1. The summed E-state index contributed by atoms with van der Waals surface area (Å²) >= 11 is 0. The maximum atomic E-state index is 12.4. The number of carbonyl (C=O) groups is 3. The standard InChI is InChI=1S/C34H42N2O5.ClH/c1-4-16-34(40)17-15-29-27-12-7-22-18-24(37)10-13-26(22)31(27)28(19-33(29,34)2)21-5-8-23(9-6-21)36-20-25(38)11-14-30(35)32(39)41-3;/h5-6,8-9,18,27-30,36,40H,7,10-15,17,19-20,35H2,1-3H3;1H/t27-,28+,29-,30-,33-,34-;/m0./s1. The Bertz CT molecular complexity index is 1360. The number of halogens is 1. The fourth-order valence-corrected chi connectivity index (χ4v) is 8.08. The van der Waals surface area contributed by atoms with Gasteiger partial charge in [0, 0.05) is 29.9 Å². The molecule has 0 aromatic heterocycles. The van der Waals surface area contributed by atoms with Gasteiger partial charge in [0.15, 0.2) is 11.6 Å². The van der Waals surface area contributed by atoms with Crippen LogP contribution < -0.4 is 11.1 Å². The van der Waals surface area contributed by atoms with Gasteiger partial charge in [0.25, 0.3) is 0 Å². The fraction of sp³-hybridized carbons (Fsp3) is 0.559. The van der Waals surface area contributed by atoms with Crippen LogP contribution in [0.15, 0.2) is 47.1 Å². The predicted molar refractivity (Wildman–Crippen MR) is 165 cm³/mol. The lowest BCUT2D eigenvalue weighted by Crippen LogP contribution is -2.51. The monoisotopic (exact) mass is 594 g/mol. The number of hydrogen-bond donors (Lipinski definition) is 3. The first-order valence-electron chi connectivity index (χ1n) is 14.9. The highest BCUT2D eigenvalue weighted by atomic mass is 35.5. The van der Waals surface area contributed by atoms with Gasteiger partial charge in [0.05, 0.1) is 13.7 Å². The molecule has 4 aliphatic carbocycles. The zero-order valence-corrected chi connectivity index (χ0v) is 25.6. The molecule has 8 heteroatoms. The Balaban J connectivity index is 0.00000405. The molecule has 0 aliphatic heterocycles. The summed E-state index contributed by atoms with van der Waals surface area (Å²) < 4.78 is 4.62. The molecule has 5 rings (SSSR count). The van der Waals surface area contributed by atoms with Crippen molar-refractivity contribution < 1.29 is 24.2 Å². The molecule has 2 saturated carbocycles. The lowest BCUT2D eigenvalue weighted by Gasteiger charge is -2.53. The lowest BCUT2D eigenvalue weighted by atomic mass is 9.51. The molecular formula is C34H43ClN2O5. The van der Waals surface area contributed by atoms with Crippen LogP contribution in [-0.2, 0) is 19.1 Å². The van der Waals surface area contributed by atoms with Crippen LogP contribution in [0.5, 0.6) is 0 Å². The Labute approximate surface area is 255 Å². The van der Waals surface area contributed by atoms with Crippen LogP contribution in [0.2, 0.25) is 0 Å². The van der Waals surface area contributed by atoms with Crippen molar-refractivity contribution in [1.82, 2.24) is 0 Å². The highest BCUT2D eigenvalue weighted by Crippen LogP contribution is 2.66. The van der Waals surface area contributed by atoms with Crippen LogP contribution in [0.4, 0.5) is 5.69 Å². The minimum absolute atomic E-state index is 0. The molecule has 0 bridgehead atoms. The number of nitrogens with one attached hydrogen (secondary N) is 1. The Kier molecular flexibility index (Phi) is 9.72. The predicted octanol–water partition coefficient (Wildman–Crippen LogP) is 5.02. The van der Waals surface area contributed by atoms with E-state index in [-0.39, 0.29) is 54.7 Å². The van der Waals surface area contributed by atoms with E-state index in [1.807, 2.05) is 25.1 Å². The molecule has 7 nitrogen and oxygen atoms in total. The van der Waals surface area contributed by atoms with Gasteiger partial charge < -0.3 is 20.9 Å². The molecule has 2 fully saturated rings. The van der Waals surface area contributed by atoms with E-state index >= 15 is 0 Å². The fourth-order valence-electron chi connectivity index (χ4n) is 8.08. The first-order valence-corrected chi connectivity index (χ1v) is 14.9. The number of methoxy groups -OCH3 is 1. The van der Waals surface area contributed by atoms with E-state index in [4.69, 9.17) is 5.73 Å². The number of Topliss-reactive ketones (excluding diaryl/α,β-unsaturated/α-hetero) is 1. The number of anilines is 1. The van der Waals surface area contributed by atoms with Gasteiger partial charge in [-0.1, -0.05) is 30.6 Å². The van der Waals surface area contributed by atoms with E-state index in [2.05, 4.69) is 41.0 Å². The number of ether oxygens (including phenoxy) is 1. The van der Waals surface area contributed by atoms with Gasteiger partial charge >= 0.3 is 5.97 Å². The van der Waals surface area contributed by atoms with Crippen molar-refractivity contribution in [2.75, 3.05) is 19.0 Å².